The van der Waals surface area contributed by atoms with Gasteiger partial charge >= 0.3 is 10.2 Å². The van der Waals surface area contributed by atoms with Crippen molar-refractivity contribution in [3.63, 3.8) is 0 Å². The van der Waals surface area contributed by atoms with E-state index in [4.69, 9.17) is 0 Å². The van der Waals surface area contributed by atoms with Crippen molar-refractivity contribution < 1.29 is 12.3 Å². The van der Waals surface area contributed by atoms with Crippen LogP contribution in [0.2, 0.25) is 0 Å². The molecule has 1 heterocycles. The summed E-state index contributed by atoms with van der Waals surface area (Å²) in [5, 5.41) is 0.915. The molecule has 0 saturated heterocycles. The molecule has 0 amide bonds. The molecule has 2 rings (SSSR count). The maximum absolute atomic E-state index is 12.6. The van der Waals surface area contributed by atoms with Gasteiger partial charge in [-0.2, -0.15) is 8.42 Å². The van der Waals surface area contributed by atoms with Gasteiger partial charge in [-0.15, -0.1) is 3.89 Å². The summed E-state index contributed by atoms with van der Waals surface area (Å²) in [6.07, 6.45) is 1.82. The second-order valence-electron chi connectivity index (χ2n) is 3.46. The van der Waals surface area contributed by atoms with Gasteiger partial charge in [0.05, 0.1) is 5.52 Å². The highest BCUT2D eigenvalue weighted by Gasteiger charge is 2.12. The Kier molecular flexibility index (Phi) is 2.26. The highest BCUT2D eigenvalue weighted by atomic mass is 32.3. The monoisotopic (exact) mass is 227 g/mol. The van der Waals surface area contributed by atoms with Gasteiger partial charge in [-0.3, -0.25) is 0 Å². The van der Waals surface area contributed by atoms with Gasteiger partial charge in [-0.05, 0) is 17.0 Å². The predicted octanol–water partition coefficient (Wildman–Crippen LogP) is 1.98. The first kappa shape index (κ1) is 10.2. The number of hydrogen-bond donors (Lipinski definition) is 0. The Hall–Kier alpha value is -1.36. The van der Waals surface area contributed by atoms with E-state index in [2.05, 4.69) is 0 Å². The van der Waals surface area contributed by atoms with Crippen molar-refractivity contribution in [1.82, 2.24) is 4.57 Å². The lowest BCUT2D eigenvalue weighted by Gasteiger charge is -2.03. The van der Waals surface area contributed by atoms with Crippen LogP contribution in [0.5, 0.6) is 0 Å². The van der Waals surface area contributed by atoms with E-state index in [0.717, 1.165) is 10.9 Å². The Labute approximate surface area is 87.3 Å². The molecule has 0 aliphatic rings. The molecule has 0 N–H and O–H groups in total. The first-order chi connectivity index (χ1) is 6.97. The standard InChI is InChI=1S/C10H10FNO2S/c1-12-6-5-8-3-2-4-9(10(8)12)7-15(11,13)14/h2-6H,7H2,1H3. The molecule has 1 aromatic carbocycles. The zero-order valence-corrected chi connectivity index (χ0v) is 8.96. The van der Waals surface area contributed by atoms with E-state index >= 15 is 0 Å². The molecule has 0 saturated carbocycles. The predicted molar refractivity (Wildman–Crippen MR) is 56.7 cm³/mol. The maximum Gasteiger partial charge on any atom is 0.306 e. The molecule has 0 aliphatic carbocycles. The van der Waals surface area contributed by atoms with Gasteiger partial charge in [-0.25, -0.2) is 0 Å². The fourth-order valence-electron chi connectivity index (χ4n) is 1.74. The lowest BCUT2D eigenvalue weighted by atomic mass is 10.2. The molecule has 2 aromatic rings. The minimum atomic E-state index is -4.48. The largest absolute Gasteiger partial charge is 0.350 e. The average Bonchev–Trinajstić information content (AvgIpc) is 2.46. The Balaban J connectivity index is 2.65. The third-order valence-corrected chi connectivity index (χ3v) is 2.96. The van der Waals surface area contributed by atoms with E-state index in [1.165, 1.54) is 0 Å². The summed E-state index contributed by atoms with van der Waals surface area (Å²) in [4.78, 5) is 0. The van der Waals surface area contributed by atoms with Gasteiger partial charge in [0.1, 0.15) is 5.75 Å². The highest BCUT2D eigenvalue weighted by molar-refractivity contribution is 7.85. The molecule has 0 atom stereocenters. The quantitative estimate of drug-likeness (QED) is 0.736. The molecule has 0 fully saturated rings. The van der Waals surface area contributed by atoms with E-state index in [1.54, 1.807) is 23.7 Å². The van der Waals surface area contributed by atoms with Crippen LogP contribution in [0.3, 0.4) is 0 Å². The molecule has 0 spiro atoms. The summed E-state index contributed by atoms with van der Waals surface area (Å²) < 4.78 is 35.6. The molecule has 0 unspecified atom stereocenters. The van der Waals surface area contributed by atoms with Gasteiger partial charge in [0.25, 0.3) is 0 Å². The molecule has 15 heavy (non-hydrogen) atoms. The number of rotatable bonds is 2. The topological polar surface area (TPSA) is 39.1 Å². The van der Waals surface area contributed by atoms with Gasteiger partial charge in [-0.1, -0.05) is 18.2 Å². The minimum Gasteiger partial charge on any atom is -0.350 e. The molecular formula is C10H10FNO2S. The summed E-state index contributed by atoms with van der Waals surface area (Å²) in [5.74, 6) is -0.567. The van der Waals surface area contributed by atoms with Gasteiger partial charge in [0, 0.05) is 13.2 Å². The van der Waals surface area contributed by atoms with Crippen LogP contribution in [-0.2, 0) is 23.0 Å². The van der Waals surface area contributed by atoms with Crippen molar-refractivity contribution in [3.8, 4) is 0 Å². The van der Waals surface area contributed by atoms with Gasteiger partial charge < -0.3 is 4.57 Å². The van der Waals surface area contributed by atoms with Crippen LogP contribution in [0.15, 0.2) is 30.5 Å². The first-order valence-corrected chi connectivity index (χ1v) is 5.98. The van der Waals surface area contributed by atoms with Crippen molar-refractivity contribution in [1.29, 1.82) is 0 Å². The molecular weight excluding hydrogens is 217 g/mol. The number of para-hydroxylation sites is 1. The summed E-state index contributed by atoms with van der Waals surface area (Å²) in [6.45, 7) is 0. The van der Waals surface area contributed by atoms with E-state index in [9.17, 15) is 12.3 Å². The summed E-state index contributed by atoms with van der Waals surface area (Å²) in [6, 6.07) is 7.08. The second-order valence-corrected chi connectivity index (χ2v) is 4.83. The van der Waals surface area contributed by atoms with Crippen LogP contribution in [0.25, 0.3) is 10.9 Å². The lowest BCUT2D eigenvalue weighted by Crippen LogP contribution is -1.99. The lowest BCUT2D eigenvalue weighted by molar-refractivity contribution is 0.551. The van der Waals surface area contributed by atoms with E-state index in [0.29, 0.717) is 5.56 Å². The van der Waals surface area contributed by atoms with E-state index in [-0.39, 0.29) is 0 Å². The van der Waals surface area contributed by atoms with E-state index < -0.39 is 16.0 Å². The molecule has 80 valence electrons. The normalized spacial score (nSPS) is 12.1. The van der Waals surface area contributed by atoms with Crippen LogP contribution in [0.4, 0.5) is 3.89 Å². The Morgan fingerprint density at radius 2 is 2.07 bits per heavy atom. The third kappa shape index (κ3) is 2.02. The fourth-order valence-corrected chi connectivity index (χ4v) is 2.35. The van der Waals surface area contributed by atoms with E-state index in [1.807, 2.05) is 18.3 Å². The number of aromatic nitrogens is 1. The second kappa shape index (κ2) is 3.34. The zero-order valence-electron chi connectivity index (χ0n) is 8.14. The van der Waals surface area contributed by atoms with Crippen molar-refractivity contribution in [3.05, 3.63) is 36.0 Å². The number of aryl methyl sites for hydroxylation is 1. The Bertz CT molecular complexity index is 601. The third-order valence-electron chi connectivity index (χ3n) is 2.31. The van der Waals surface area contributed by atoms with Crippen LogP contribution in [0.1, 0.15) is 5.56 Å². The van der Waals surface area contributed by atoms with Crippen molar-refractivity contribution in [2.75, 3.05) is 0 Å². The SMILES string of the molecule is Cn1ccc2cccc(CS(=O)(=O)F)c21. The van der Waals surface area contributed by atoms with Gasteiger partial charge in [0.15, 0.2) is 0 Å². The molecule has 1 aromatic heterocycles. The van der Waals surface area contributed by atoms with Crippen LogP contribution in [-0.4, -0.2) is 13.0 Å². The number of fused-ring (bicyclic) bond motifs is 1. The molecule has 0 aliphatic heterocycles. The van der Waals surface area contributed by atoms with Crippen LogP contribution < -0.4 is 0 Å². The Morgan fingerprint density at radius 3 is 2.73 bits per heavy atom. The molecule has 5 heteroatoms. The summed E-state index contributed by atoms with van der Waals surface area (Å²) in [5.41, 5.74) is 1.25. The summed E-state index contributed by atoms with van der Waals surface area (Å²) in [7, 11) is -2.67. The molecule has 0 radical (unpaired) electrons. The number of benzene rings is 1. The molecule has 0 bridgehead atoms. The van der Waals surface area contributed by atoms with Crippen molar-refractivity contribution >= 4 is 21.1 Å². The van der Waals surface area contributed by atoms with Crippen LogP contribution >= 0.6 is 0 Å². The Morgan fingerprint density at radius 1 is 1.33 bits per heavy atom. The minimum absolute atomic E-state index is 0.488. The maximum atomic E-state index is 12.6. The summed E-state index contributed by atoms with van der Waals surface area (Å²) >= 11 is 0. The molecule has 3 nitrogen and oxygen atoms in total. The number of hydrogen-bond acceptors (Lipinski definition) is 2. The van der Waals surface area contributed by atoms with Crippen molar-refractivity contribution in [2.45, 2.75) is 5.75 Å². The number of halogens is 1. The van der Waals surface area contributed by atoms with Gasteiger partial charge in [0.2, 0.25) is 0 Å². The number of nitrogens with zero attached hydrogens (tertiary/aromatic N) is 1. The highest BCUT2D eigenvalue weighted by Crippen LogP contribution is 2.21. The van der Waals surface area contributed by atoms with Crippen LogP contribution in [0, 0.1) is 0 Å². The fraction of sp³-hybridized carbons (Fsp3) is 0.200. The average molecular weight is 227 g/mol. The van der Waals surface area contributed by atoms with Crippen molar-refractivity contribution in [2.24, 2.45) is 7.05 Å². The zero-order chi connectivity index (χ0) is 11.1. The first-order valence-electron chi connectivity index (χ1n) is 4.42. The smallest absolute Gasteiger partial charge is 0.306 e.